The molecule has 7 heteroatoms. The molecule has 1 N–H and O–H groups in total. The van der Waals surface area contributed by atoms with Crippen LogP contribution in [0.3, 0.4) is 0 Å². The zero-order valence-electron chi connectivity index (χ0n) is 18.6. The number of fused-ring (bicyclic) bond motifs is 1. The SMILES string of the molecule is C=CCn1cc(Cn2oc(=O)[nH]c2=O)c2cc(OCc3ccc(C(C)(C)C)cc3)ccc21. The molecule has 2 aromatic carbocycles. The minimum absolute atomic E-state index is 0.111. The predicted octanol–water partition coefficient (Wildman–Crippen LogP) is 4.20. The van der Waals surface area contributed by atoms with Gasteiger partial charge < -0.3 is 13.8 Å². The molecule has 0 bridgehead atoms. The van der Waals surface area contributed by atoms with Crippen LogP contribution in [0.1, 0.15) is 37.5 Å². The Bertz CT molecular complexity index is 1360. The van der Waals surface area contributed by atoms with E-state index in [0.29, 0.717) is 13.2 Å². The number of hydrogen-bond donors (Lipinski definition) is 1. The van der Waals surface area contributed by atoms with Crippen LogP contribution in [0.4, 0.5) is 0 Å². The van der Waals surface area contributed by atoms with Gasteiger partial charge >= 0.3 is 11.4 Å². The van der Waals surface area contributed by atoms with E-state index in [1.807, 2.05) is 29.0 Å². The number of allylic oxidation sites excluding steroid dienone is 1. The van der Waals surface area contributed by atoms with Gasteiger partial charge in [0.05, 0.1) is 6.54 Å². The van der Waals surface area contributed by atoms with Gasteiger partial charge in [-0.05, 0) is 34.7 Å². The van der Waals surface area contributed by atoms with Crippen molar-refractivity contribution in [2.24, 2.45) is 0 Å². The van der Waals surface area contributed by atoms with Crippen LogP contribution in [0.25, 0.3) is 10.9 Å². The number of nitrogens with zero attached hydrogens (tertiary/aromatic N) is 2. The molecule has 0 saturated heterocycles. The van der Waals surface area contributed by atoms with Gasteiger partial charge in [-0.1, -0.05) is 51.1 Å². The molecule has 0 amide bonds. The fraction of sp³-hybridized carbons (Fsp3) is 0.280. The summed E-state index contributed by atoms with van der Waals surface area (Å²) in [7, 11) is 0. The van der Waals surface area contributed by atoms with Gasteiger partial charge in [0.2, 0.25) is 0 Å². The molecule has 0 radical (unpaired) electrons. The standard InChI is InChI=1S/C25H27N3O4/c1-5-12-27-14-18(15-28-23(29)26-24(30)32-28)21-13-20(10-11-22(21)27)31-16-17-6-8-19(9-7-17)25(2,3)4/h5-11,13-14H,1,12,15-16H2,2-4H3,(H,26,29,30). The molecule has 0 aliphatic heterocycles. The van der Waals surface area contributed by atoms with E-state index < -0.39 is 11.4 Å². The molecule has 2 heterocycles. The summed E-state index contributed by atoms with van der Waals surface area (Å²) in [6.07, 6.45) is 3.73. The quantitative estimate of drug-likeness (QED) is 0.443. The second-order valence-electron chi connectivity index (χ2n) is 8.86. The van der Waals surface area contributed by atoms with Gasteiger partial charge in [0.25, 0.3) is 0 Å². The van der Waals surface area contributed by atoms with Crippen LogP contribution < -0.4 is 16.2 Å². The van der Waals surface area contributed by atoms with Crippen molar-refractivity contribution in [1.29, 1.82) is 0 Å². The first-order valence-corrected chi connectivity index (χ1v) is 10.5. The van der Waals surface area contributed by atoms with Crippen LogP contribution >= 0.6 is 0 Å². The first-order chi connectivity index (χ1) is 15.2. The average molecular weight is 434 g/mol. The highest BCUT2D eigenvalue weighted by molar-refractivity contribution is 5.85. The molecule has 0 aliphatic rings. The van der Waals surface area contributed by atoms with Gasteiger partial charge in [-0.3, -0.25) is 0 Å². The molecule has 0 spiro atoms. The number of rotatable bonds is 7. The molecule has 0 unspecified atom stereocenters. The van der Waals surface area contributed by atoms with Crippen LogP contribution in [0.2, 0.25) is 0 Å². The van der Waals surface area contributed by atoms with Crippen LogP contribution in [0.15, 0.2) is 75.4 Å². The number of nitrogens with one attached hydrogen (secondary N) is 1. The van der Waals surface area contributed by atoms with Gasteiger partial charge in [-0.2, -0.15) is 0 Å². The zero-order chi connectivity index (χ0) is 22.9. The van der Waals surface area contributed by atoms with E-state index in [1.165, 1.54) is 5.56 Å². The Labute approximate surface area is 185 Å². The Morgan fingerprint density at radius 2 is 1.88 bits per heavy atom. The second kappa shape index (κ2) is 8.42. The monoisotopic (exact) mass is 433 g/mol. The zero-order valence-corrected chi connectivity index (χ0v) is 18.6. The summed E-state index contributed by atoms with van der Waals surface area (Å²) in [6.45, 7) is 11.6. The minimum Gasteiger partial charge on any atom is -0.489 e. The van der Waals surface area contributed by atoms with Crippen molar-refractivity contribution in [1.82, 2.24) is 14.3 Å². The van der Waals surface area contributed by atoms with E-state index in [9.17, 15) is 9.59 Å². The van der Waals surface area contributed by atoms with Gasteiger partial charge in [0.15, 0.2) is 0 Å². The van der Waals surface area contributed by atoms with Gasteiger partial charge in [0, 0.05) is 29.2 Å². The van der Waals surface area contributed by atoms with Crippen LogP contribution in [-0.2, 0) is 25.1 Å². The van der Waals surface area contributed by atoms with E-state index in [1.54, 1.807) is 6.08 Å². The number of aromatic amines is 1. The first kappa shape index (κ1) is 21.5. The van der Waals surface area contributed by atoms with E-state index in [2.05, 4.69) is 56.6 Å². The summed E-state index contributed by atoms with van der Waals surface area (Å²) in [5.74, 6) is -0.0517. The summed E-state index contributed by atoms with van der Waals surface area (Å²) < 4.78 is 14.0. The van der Waals surface area contributed by atoms with Crippen molar-refractivity contribution in [2.75, 3.05) is 0 Å². The molecular weight excluding hydrogens is 406 g/mol. The summed E-state index contributed by atoms with van der Waals surface area (Å²) in [5.41, 5.74) is 3.72. The highest BCUT2D eigenvalue weighted by Gasteiger charge is 2.14. The third-order valence-corrected chi connectivity index (χ3v) is 5.43. The molecule has 2 aromatic heterocycles. The van der Waals surface area contributed by atoms with Crippen molar-refractivity contribution >= 4 is 10.9 Å². The van der Waals surface area contributed by atoms with Crippen LogP contribution in [-0.4, -0.2) is 14.3 Å². The number of hydrogen-bond acceptors (Lipinski definition) is 4. The summed E-state index contributed by atoms with van der Waals surface area (Å²) in [6, 6.07) is 14.3. The summed E-state index contributed by atoms with van der Waals surface area (Å²) in [5, 5.41) is 0.920. The molecule has 166 valence electrons. The van der Waals surface area contributed by atoms with E-state index in [4.69, 9.17) is 9.26 Å². The molecule has 32 heavy (non-hydrogen) atoms. The lowest BCUT2D eigenvalue weighted by Crippen LogP contribution is -2.17. The molecule has 0 fully saturated rings. The molecule has 7 nitrogen and oxygen atoms in total. The van der Waals surface area contributed by atoms with Crippen molar-refractivity contribution in [2.45, 2.75) is 45.9 Å². The Morgan fingerprint density at radius 3 is 2.50 bits per heavy atom. The Kier molecular flexibility index (Phi) is 5.65. The molecular formula is C25H27N3O4. The normalized spacial score (nSPS) is 11.7. The van der Waals surface area contributed by atoms with E-state index >= 15 is 0 Å². The smallest absolute Gasteiger partial charge is 0.440 e. The maximum absolute atomic E-state index is 11.9. The lowest BCUT2D eigenvalue weighted by molar-refractivity contribution is 0.258. The molecule has 0 saturated carbocycles. The highest BCUT2D eigenvalue weighted by Crippen LogP contribution is 2.28. The third-order valence-electron chi connectivity index (χ3n) is 5.43. The minimum atomic E-state index is -0.772. The lowest BCUT2D eigenvalue weighted by atomic mass is 9.87. The highest BCUT2D eigenvalue weighted by atomic mass is 16.5. The summed E-state index contributed by atoms with van der Waals surface area (Å²) in [4.78, 5) is 25.3. The number of H-pyrrole nitrogens is 1. The Morgan fingerprint density at radius 1 is 1.12 bits per heavy atom. The van der Waals surface area contributed by atoms with E-state index in [0.717, 1.165) is 32.5 Å². The van der Waals surface area contributed by atoms with Crippen molar-refractivity contribution in [3.05, 3.63) is 99.0 Å². The third kappa shape index (κ3) is 4.46. The summed E-state index contributed by atoms with van der Waals surface area (Å²) >= 11 is 0. The molecule has 4 rings (SSSR count). The average Bonchev–Trinajstić information content (AvgIpc) is 3.25. The van der Waals surface area contributed by atoms with Crippen molar-refractivity contribution in [3.63, 3.8) is 0 Å². The van der Waals surface area contributed by atoms with Crippen LogP contribution in [0.5, 0.6) is 5.75 Å². The second-order valence-corrected chi connectivity index (χ2v) is 8.86. The fourth-order valence-electron chi connectivity index (χ4n) is 3.70. The number of benzene rings is 2. The predicted molar refractivity (Wildman–Crippen MR) is 124 cm³/mol. The number of ether oxygens (including phenoxy) is 1. The maximum atomic E-state index is 11.9. The number of aromatic nitrogens is 3. The fourth-order valence-corrected chi connectivity index (χ4v) is 3.70. The van der Waals surface area contributed by atoms with Crippen LogP contribution in [0, 0.1) is 0 Å². The van der Waals surface area contributed by atoms with Crippen molar-refractivity contribution < 1.29 is 9.26 Å². The molecule has 4 aromatic rings. The van der Waals surface area contributed by atoms with Gasteiger partial charge in [-0.15, -0.1) is 11.3 Å². The Hall–Kier alpha value is -3.74. The molecule has 0 atom stereocenters. The lowest BCUT2D eigenvalue weighted by Gasteiger charge is -2.19. The first-order valence-electron chi connectivity index (χ1n) is 10.5. The van der Waals surface area contributed by atoms with E-state index in [-0.39, 0.29) is 12.0 Å². The Balaban J connectivity index is 1.60. The van der Waals surface area contributed by atoms with Crippen molar-refractivity contribution in [3.8, 4) is 5.75 Å². The topological polar surface area (TPSA) is 82.2 Å². The van der Waals surface area contributed by atoms with Gasteiger partial charge in [0.1, 0.15) is 12.4 Å². The molecule has 0 aliphatic carbocycles. The van der Waals surface area contributed by atoms with Gasteiger partial charge in [-0.25, -0.2) is 14.6 Å². The largest absolute Gasteiger partial charge is 0.489 e. The maximum Gasteiger partial charge on any atom is 0.440 e.